The van der Waals surface area contributed by atoms with E-state index in [2.05, 4.69) is 16.3 Å². The molecule has 5 heteroatoms. The zero-order valence-electron chi connectivity index (χ0n) is 11.8. The van der Waals surface area contributed by atoms with Gasteiger partial charge in [-0.25, -0.2) is 0 Å². The molecule has 0 radical (unpaired) electrons. The van der Waals surface area contributed by atoms with Crippen LogP contribution in [0.4, 0.5) is 0 Å². The second-order valence-corrected chi connectivity index (χ2v) is 6.82. The van der Waals surface area contributed by atoms with Crippen LogP contribution in [-0.2, 0) is 17.8 Å². The van der Waals surface area contributed by atoms with Crippen LogP contribution in [0.15, 0.2) is 11.4 Å². The predicted molar refractivity (Wildman–Crippen MR) is 79.7 cm³/mol. The number of likely N-dealkylation sites (tertiary alicyclic amines) is 1. The van der Waals surface area contributed by atoms with Gasteiger partial charge in [0.25, 0.3) is 0 Å². The molecule has 0 spiro atoms. The van der Waals surface area contributed by atoms with Crippen molar-refractivity contribution in [3.63, 3.8) is 0 Å². The van der Waals surface area contributed by atoms with Crippen molar-refractivity contribution in [2.45, 2.75) is 25.8 Å². The van der Waals surface area contributed by atoms with Crippen LogP contribution in [0.1, 0.15) is 23.3 Å². The molecule has 1 atom stereocenters. The number of fused-ring (bicyclic) bond motifs is 1. The molecule has 0 saturated carbocycles. The highest BCUT2D eigenvalue weighted by Gasteiger charge is 2.24. The highest BCUT2D eigenvalue weighted by molar-refractivity contribution is 7.10. The van der Waals surface area contributed by atoms with Gasteiger partial charge < -0.3 is 14.9 Å². The standard InChI is InChI=1S/C15H22N2O2S/c18-11-12-1-5-16(9-12)6-3-15(19)17-7-2-14-13(10-17)4-8-20-14/h4,8,12,18H,1-3,5-7,9-11H2. The minimum absolute atomic E-state index is 0.272. The Balaban J connectivity index is 1.46. The van der Waals surface area contributed by atoms with Crippen LogP contribution in [0, 0.1) is 5.92 Å². The summed E-state index contributed by atoms with van der Waals surface area (Å²) in [6.07, 6.45) is 2.68. The number of rotatable bonds is 4. The number of amides is 1. The lowest BCUT2D eigenvalue weighted by Crippen LogP contribution is -2.37. The van der Waals surface area contributed by atoms with E-state index in [1.165, 1.54) is 10.4 Å². The molecule has 0 aliphatic carbocycles. The maximum Gasteiger partial charge on any atom is 0.224 e. The monoisotopic (exact) mass is 294 g/mol. The summed E-state index contributed by atoms with van der Waals surface area (Å²) < 4.78 is 0. The van der Waals surface area contributed by atoms with Crippen molar-refractivity contribution in [2.75, 3.05) is 32.8 Å². The molecule has 2 aliphatic heterocycles. The predicted octanol–water partition coefficient (Wildman–Crippen LogP) is 1.34. The van der Waals surface area contributed by atoms with E-state index in [1.54, 1.807) is 11.3 Å². The van der Waals surface area contributed by atoms with Crippen LogP contribution in [0.3, 0.4) is 0 Å². The minimum atomic E-state index is 0.272. The van der Waals surface area contributed by atoms with Crippen LogP contribution in [0.2, 0.25) is 0 Å². The van der Waals surface area contributed by atoms with Crippen molar-refractivity contribution >= 4 is 17.2 Å². The fourth-order valence-corrected chi connectivity index (χ4v) is 4.03. The van der Waals surface area contributed by atoms with Gasteiger partial charge in [-0.15, -0.1) is 11.3 Å². The van der Waals surface area contributed by atoms with Gasteiger partial charge >= 0.3 is 0 Å². The minimum Gasteiger partial charge on any atom is -0.396 e. The molecular weight excluding hydrogens is 272 g/mol. The number of aliphatic hydroxyl groups excluding tert-OH is 1. The topological polar surface area (TPSA) is 43.8 Å². The first-order valence-corrected chi connectivity index (χ1v) is 8.30. The van der Waals surface area contributed by atoms with Gasteiger partial charge in [0.2, 0.25) is 5.91 Å². The van der Waals surface area contributed by atoms with Crippen LogP contribution >= 0.6 is 11.3 Å². The molecule has 110 valence electrons. The summed E-state index contributed by atoms with van der Waals surface area (Å²) in [5.41, 5.74) is 1.33. The lowest BCUT2D eigenvalue weighted by atomic mass is 10.1. The molecule has 0 aromatic carbocycles. The third-order valence-corrected chi connectivity index (χ3v) is 5.45. The first kappa shape index (κ1) is 14.0. The molecule has 3 rings (SSSR count). The molecule has 1 aromatic heterocycles. The lowest BCUT2D eigenvalue weighted by Gasteiger charge is -2.28. The molecule has 20 heavy (non-hydrogen) atoms. The summed E-state index contributed by atoms with van der Waals surface area (Å²) in [4.78, 5) is 18.0. The zero-order chi connectivity index (χ0) is 13.9. The second-order valence-electron chi connectivity index (χ2n) is 5.82. The second kappa shape index (κ2) is 6.24. The largest absolute Gasteiger partial charge is 0.396 e. The van der Waals surface area contributed by atoms with Gasteiger partial charge in [-0.2, -0.15) is 0 Å². The molecule has 2 aliphatic rings. The third kappa shape index (κ3) is 3.05. The van der Waals surface area contributed by atoms with Crippen molar-refractivity contribution < 1.29 is 9.90 Å². The fourth-order valence-electron chi connectivity index (χ4n) is 3.14. The SMILES string of the molecule is O=C(CCN1CCC(CO)C1)N1CCc2sccc2C1. The van der Waals surface area contributed by atoms with Gasteiger partial charge in [0.15, 0.2) is 0 Å². The van der Waals surface area contributed by atoms with Gasteiger partial charge in [0.05, 0.1) is 0 Å². The molecule has 1 N–H and O–H groups in total. The number of aliphatic hydroxyl groups is 1. The summed E-state index contributed by atoms with van der Waals surface area (Å²) in [6.45, 7) is 4.73. The molecular formula is C15H22N2O2S. The van der Waals surface area contributed by atoms with Crippen molar-refractivity contribution in [3.05, 3.63) is 21.9 Å². The quantitative estimate of drug-likeness (QED) is 0.911. The molecule has 1 amide bonds. The molecule has 0 bridgehead atoms. The smallest absolute Gasteiger partial charge is 0.224 e. The molecule has 1 fully saturated rings. The Morgan fingerprint density at radius 1 is 1.45 bits per heavy atom. The van der Waals surface area contributed by atoms with E-state index in [0.717, 1.165) is 45.6 Å². The van der Waals surface area contributed by atoms with E-state index in [9.17, 15) is 4.79 Å². The van der Waals surface area contributed by atoms with E-state index in [4.69, 9.17) is 5.11 Å². The molecule has 3 heterocycles. The maximum atomic E-state index is 12.3. The average Bonchev–Trinajstić information content (AvgIpc) is 3.12. The van der Waals surface area contributed by atoms with E-state index >= 15 is 0 Å². The summed E-state index contributed by atoms with van der Waals surface area (Å²) >= 11 is 1.81. The summed E-state index contributed by atoms with van der Waals surface area (Å²) in [5, 5.41) is 11.3. The van der Waals surface area contributed by atoms with E-state index in [1.807, 2.05) is 4.90 Å². The maximum absolute atomic E-state index is 12.3. The first-order chi connectivity index (χ1) is 9.76. The summed E-state index contributed by atoms with van der Waals surface area (Å²) in [5.74, 6) is 0.683. The number of carbonyl (C=O) groups is 1. The normalized spacial score (nSPS) is 23.1. The van der Waals surface area contributed by atoms with E-state index in [-0.39, 0.29) is 12.5 Å². The van der Waals surface area contributed by atoms with Gasteiger partial charge in [-0.05, 0) is 42.3 Å². The Morgan fingerprint density at radius 3 is 3.15 bits per heavy atom. The van der Waals surface area contributed by atoms with Crippen LogP contribution in [0.5, 0.6) is 0 Å². The highest BCUT2D eigenvalue weighted by Crippen LogP contribution is 2.24. The van der Waals surface area contributed by atoms with Crippen molar-refractivity contribution in [3.8, 4) is 0 Å². The number of hydrogen-bond donors (Lipinski definition) is 1. The number of carbonyl (C=O) groups excluding carboxylic acids is 1. The van der Waals surface area contributed by atoms with E-state index in [0.29, 0.717) is 12.3 Å². The van der Waals surface area contributed by atoms with Gasteiger partial charge in [-0.3, -0.25) is 4.79 Å². The lowest BCUT2D eigenvalue weighted by molar-refractivity contribution is -0.132. The van der Waals surface area contributed by atoms with Crippen molar-refractivity contribution in [2.24, 2.45) is 5.92 Å². The molecule has 1 aromatic rings. The Hall–Kier alpha value is -0.910. The Kier molecular flexibility index (Phi) is 4.38. The number of thiophene rings is 1. The van der Waals surface area contributed by atoms with Crippen molar-refractivity contribution in [1.29, 1.82) is 0 Å². The van der Waals surface area contributed by atoms with E-state index < -0.39 is 0 Å². The fraction of sp³-hybridized carbons (Fsp3) is 0.667. The van der Waals surface area contributed by atoms with Crippen LogP contribution in [0.25, 0.3) is 0 Å². The zero-order valence-corrected chi connectivity index (χ0v) is 12.6. The van der Waals surface area contributed by atoms with Crippen LogP contribution in [-0.4, -0.2) is 53.6 Å². The number of hydrogen-bond acceptors (Lipinski definition) is 4. The number of nitrogens with zero attached hydrogens (tertiary/aromatic N) is 2. The van der Waals surface area contributed by atoms with Gasteiger partial charge in [-0.1, -0.05) is 0 Å². The Morgan fingerprint density at radius 2 is 2.35 bits per heavy atom. The van der Waals surface area contributed by atoms with Crippen molar-refractivity contribution in [1.82, 2.24) is 9.80 Å². The summed E-state index contributed by atoms with van der Waals surface area (Å²) in [6, 6.07) is 2.14. The molecule has 1 unspecified atom stereocenters. The van der Waals surface area contributed by atoms with Gasteiger partial charge in [0.1, 0.15) is 0 Å². The third-order valence-electron chi connectivity index (χ3n) is 4.43. The average molecular weight is 294 g/mol. The molecule has 4 nitrogen and oxygen atoms in total. The first-order valence-electron chi connectivity index (χ1n) is 7.42. The van der Waals surface area contributed by atoms with Crippen LogP contribution < -0.4 is 0 Å². The molecule has 1 saturated heterocycles. The summed E-state index contributed by atoms with van der Waals surface area (Å²) in [7, 11) is 0. The highest BCUT2D eigenvalue weighted by atomic mass is 32.1. The van der Waals surface area contributed by atoms with Gasteiger partial charge in [0, 0.05) is 44.1 Å². The Bertz CT molecular complexity index is 474. The Labute approximate surface area is 124 Å².